The first-order valence-corrected chi connectivity index (χ1v) is 6.31. The largest absolute Gasteiger partial charge is 0.475 e. The van der Waals surface area contributed by atoms with Crippen LogP contribution in [0.25, 0.3) is 0 Å². The van der Waals surface area contributed by atoms with Gasteiger partial charge in [-0.25, -0.2) is 4.79 Å². The van der Waals surface area contributed by atoms with Crippen molar-refractivity contribution in [1.82, 2.24) is 0 Å². The summed E-state index contributed by atoms with van der Waals surface area (Å²) in [6, 6.07) is 4.88. The van der Waals surface area contributed by atoms with Crippen molar-refractivity contribution >= 4 is 28.2 Å². The lowest BCUT2D eigenvalue weighted by Crippen LogP contribution is -2.39. The van der Waals surface area contributed by atoms with E-state index in [4.69, 9.17) is 9.47 Å². The smallest absolute Gasteiger partial charge is 0.349 e. The van der Waals surface area contributed by atoms with E-state index in [1.165, 1.54) is 0 Å². The van der Waals surface area contributed by atoms with Crippen LogP contribution in [0, 0.1) is 0 Å². The molecular weight excluding hydrogens is 300 g/mol. The van der Waals surface area contributed by atoms with E-state index in [1.807, 2.05) is 0 Å². The second kappa shape index (κ2) is 6.00. The molecule has 18 heavy (non-hydrogen) atoms. The van der Waals surface area contributed by atoms with Gasteiger partial charge in [0.15, 0.2) is 5.60 Å². The number of esters is 1. The predicted octanol–water partition coefficient (Wildman–Crippen LogP) is 2.98. The molecule has 0 aliphatic carbocycles. The maximum absolute atomic E-state index is 11.7. The third-order valence-electron chi connectivity index (χ3n) is 2.22. The fourth-order valence-electron chi connectivity index (χ4n) is 1.29. The van der Waals surface area contributed by atoms with E-state index in [-0.39, 0.29) is 0 Å². The van der Waals surface area contributed by atoms with Crippen LogP contribution in [-0.4, -0.2) is 24.5 Å². The minimum Gasteiger partial charge on any atom is -0.475 e. The summed E-state index contributed by atoms with van der Waals surface area (Å²) < 4.78 is 11.2. The van der Waals surface area contributed by atoms with Crippen molar-refractivity contribution < 1.29 is 19.1 Å². The first-order valence-electron chi connectivity index (χ1n) is 5.51. The zero-order valence-electron chi connectivity index (χ0n) is 10.5. The molecule has 98 valence electrons. The van der Waals surface area contributed by atoms with Crippen LogP contribution in [-0.2, 0) is 9.53 Å². The molecule has 0 saturated carbocycles. The van der Waals surface area contributed by atoms with Crippen LogP contribution >= 0.6 is 15.9 Å². The number of halogens is 1. The lowest BCUT2D eigenvalue weighted by molar-refractivity contribution is -0.158. The number of rotatable bonds is 5. The maximum atomic E-state index is 11.7. The Labute approximate surface area is 114 Å². The Bertz CT molecular complexity index is 454. The van der Waals surface area contributed by atoms with Gasteiger partial charge in [0, 0.05) is 5.56 Å². The minimum absolute atomic E-state index is 0.302. The summed E-state index contributed by atoms with van der Waals surface area (Å²) in [5.41, 5.74) is -0.551. The highest BCUT2D eigenvalue weighted by molar-refractivity contribution is 9.10. The second-order valence-electron chi connectivity index (χ2n) is 4.14. The number of carbonyl (C=O) groups excluding carboxylic acids is 2. The van der Waals surface area contributed by atoms with Gasteiger partial charge in [0.2, 0.25) is 0 Å². The molecule has 0 aliphatic rings. The molecule has 0 fully saturated rings. The Kier molecular flexibility index (Phi) is 4.90. The Hall–Kier alpha value is -1.36. The number of carbonyl (C=O) groups is 2. The zero-order valence-corrected chi connectivity index (χ0v) is 12.1. The van der Waals surface area contributed by atoms with E-state index in [1.54, 1.807) is 39.0 Å². The van der Waals surface area contributed by atoms with E-state index in [2.05, 4.69) is 15.9 Å². The standard InChI is InChI=1S/C13H15BrO4/c1-4-17-12(16)13(2,3)18-11-6-5-9(8-15)7-10(11)14/h5-8H,4H2,1-3H3. The lowest BCUT2D eigenvalue weighted by Gasteiger charge is -2.24. The highest BCUT2D eigenvalue weighted by atomic mass is 79.9. The first kappa shape index (κ1) is 14.7. The second-order valence-corrected chi connectivity index (χ2v) is 4.99. The Morgan fingerprint density at radius 2 is 2.11 bits per heavy atom. The molecule has 0 N–H and O–H groups in total. The van der Waals surface area contributed by atoms with E-state index in [0.717, 1.165) is 6.29 Å². The van der Waals surface area contributed by atoms with Crippen LogP contribution in [0.5, 0.6) is 5.75 Å². The summed E-state index contributed by atoms with van der Waals surface area (Å²) in [6.07, 6.45) is 0.741. The fraction of sp³-hybridized carbons (Fsp3) is 0.385. The van der Waals surface area contributed by atoms with Gasteiger partial charge in [-0.2, -0.15) is 0 Å². The van der Waals surface area contributed by atoms with Crippen LogP contribution in [0.3, 0.4) is 0 Å². The molecule has 1 rings (SSSR count). The van der Waals surface area contributed by atoms with E-state index in [9.17, 15) is 9.59 Å². The Morgan fingerprint density at radius 3 is 2.61 bits per heavy atom. The van der Waals surface area contributed by atoms with Crippen molar-refractivity contribution in [3.63, 3.8) is 0 Å². The van der Waals surface area contributed by atoms with Gasteiger partial charge < -0.3 is 9.47 Å². The van der Waals surface area contributed by atoms with Crippen LogP contribution in [0.4, 0.5) is 0 Å². The molecule has 0 aliphatic heterocycles. The molecule has 0 radical (unpaired) electrons. The monoisotopic (exact) mass is 314 g/mol. The number of hydrogen-bond acceptors (Lipinski definition) is 4. The van der Waals surface area contributed by atoms with E-state index < -0.39 is 11.6 Å². The molecule has 0 unspecified atom stereocenters. The highest BCUT2D eigenvalue weighted by Crippen LogP contribution is 2.29. The molecule has 0 aromatic heterocycles. The molecule has 0 saturated heterocycles. The molecule has 0 atom stereocenters. The molecule has 0 heterocycles. The van der Waals surface area contributed by atoms with Crippen molar-refractivity contribution in [3.05, 3.63) is 28.2 Å². The lowest BCUT2D eigenvalue weighted by atomic mass is 10.1. The van der Waals surface area contributed by atoms with Gasteiger partial charge in [-0.3, -0.25) is 4.79 Å². The summed E-state index contributed by atoms with van der Waals surface area (Å²) in [6.45, 7) is 5.30. The molecule has 1 aromatic rings. The van der Waals surface area contributed by atoms with Crippen molar-refractivity contribution in [3.8, 4) is 5.75 Å². The number of benzene rings is 1. The molecule has 0 amide bonds. The van der Waals surface area contributed by atoms with Gasteiger partial charge in [-0.05, 0) is 54.9 Å². The van der Waals surface area contributed by atoms with Gasteiger partial charge in [-0.1, -0.05) is 0 Å². The molecule has 0 spiro atoms. The van der Waals surface area contributed by atoms with Crippen molar-refractivity contribution in [2.24, 2.45) is 0 Å². The van der Waals surface area contributed by atoms with Gasteiger partial charge in [0.05, 0.1) is 11.1 Å². The maximum Gasteiger partial charge on any atom is 0.349 e. The van der Waals surface area contributed by atoms with Crippen molar-refractivity contribution in [2.45, 2.75) is 26.4 Å². The predicted molar refractivity (Wildman–Crippen MR) is 70.9 cm³/mol. The minimum atomic E-state index is -1.08. The van der Waals surface area contributed by atoms with Crippen LogP contribution in [0.1, 0.15) is 31.1 Å². The summed E-state index contributed by atoms with van der Waals surface area (Å²) in [5.74, 6) is 0.0509. The van der Waals surface area contributed by atoms with Gasteiger partial charge in [0.25, 0.3) is 0 Å². The van der Waals surface area contributed by atoms with Gasteiger partial charge in [-0.15, -0.1) is 0 Å². The average Bonchev–Trinajstić information content (AvgIpc) is 2.32. The van der Waals surface area contributed by atoms with Crippen LogP contribution in [0.2, 0.25) is 0 Å². The number of hydrogen-bond donors (Lipinski definition) is 0. The summed E-state index contributed by atoms with van der Waals surface area (Å²) in [7, 11) is 0. The molecular formula is C13H15BrO4. The van der Waals surface area contributed by atoms with Crippen LogP contribution < -0.4 is 4.74 Å². The number of aldehydes is 1. The molecule has 0 bridgehead atoms. The topological polar surface area (TPSA) is 52.6 Å². The number of ether oxygens (including phenoxy) is 2. The first-order chi connectivity index (χ1) is 8.40. The molecule has 5 heteroatoms. The summed E-state index contributed by atoms with van der Waals surface area (Å²) in [4.78, 5) is 22.3. The third kappa shape index (κ3) is 3.57. The van der Waals surface area contributed by atoms with Crippen molar-refractivity contribution in [2.75, 3.05) is 6.61 Å². The summed E-state index contributed by atoms with van der Waals surface area (Å²) >= 11 is 3.29. The zero-order chi connectivity index (χ0) is 13.8. The van der Waals surface area contributed by atoms with Crippen molar-refractivity contribution in [1.29, 1.82) is 0 Å². The average molecular weight is 315 g/mol. The van der Waals surface area contributed by atoms with Gasteiger partial charge >= 0.3 is 5.97 Å². The normalized spacial score (nSPS) is 10.9. The van der Waals surface area contributed by atoms with Crippen LogP contribution in [0.15, 0.2) is 22.7 Å². The highest BCUT2D eigenvalue weighted by Gasteiger charge is 2.32. The van der Waals surface area contributed by atoms with Gasteiger partial charge in [0.1, 0.15) is 12.0 Å². The molecule has 4 nitrogen and oxygen atoms in total. The Morgan fingerprint density at radius 1 is 1.44 bits per heavy atom. The quantitative estimate of drug-likeness (QED) is 0.619. The summed E-state index contributed by atoms with van der Waals surface area (Å²) in [5, 5.41) is 0. The van der Waals surface area contributed by atoms with E-state index >= 15 is 0 Å². The fourth-order valence-corrected chi connectivity index (χ4v) is 1.77. The Balaban J connectivity index is 2.90. The third-order valence-corrected chi connectivity index (χ3v) is 2.84. The van der Waals surface area contributed by atoms with E-state index in [0.29, 0.717) is 22.4 Å². The molecule has 1 aromatic carbocycles. The SMILES string of the molecule is CCOC(=O)C(C)(C)Oc1ccc(C=O)cc1Br.